The first kappa shape index (κ1) is 27.2. The van der Waals surface area contributed by atoms with Crippen LogP contribution in [0.2, 0.25) is 0 Å². The third kappa shape index (κ3) is 3.89. The molecule has 1 spiro atoms. The van der Waals surface area contributed by atoms with E-state index in [1.54, 1.807) is 30.3 Å². The fraction of sp³-hybridized carbons (Fsp3) is 0.171. The average molecular weight is 636 g/mol. The predicted molar refractivity (Wildman–Crippen MR) is 168 cm³/mol. The van der Waals surface area contributed by atoms with Gasteiger partial charge in [-0.25, -0.2) is 0 Å². The molecule has 0 radical (unpaired) electrons. The molecule has 1 amide bonds. The molecule has 4 atom stereocenters. The van der Waals surface area contributed by atoms with Gasteiger partial charge in [-0.15, -0.1) is 0 Å². The second-order valence-corrected chi connectivity index (χ2v) is 11.8. The van der Waals surface area contributed by atoms with Gasteiger partial charge in [-0.2, -0.15) is 0 Å². The lowest BCUT2D eigenvalue weighted by Crippen LogP contribution is -2.55. The topological polar surface area (TPSA) is 84.9 Å². The van der Waals surface area contributed by atoms with Crippen molar-refractivity contribution in [2.45, 2.75) is 17.5 Å². The Morgan fingerprint density at radius 2 is 1.63 bits per heavy atom. The van der Waals surface area contributed by atoms with Crippen molar-refractivity contribution in [3.05, 3.63) is 124 Å². The highest BCUT2D eigenvalue weighted by atomic mass is 79.9. The van der Waals surface area contributed by atoms with Crippen LogP contribution in [0.15, 0.2) is 102 Å². The number of hydrogen-bond donors (Lipinski definition) is 1. The first-order valence-electron chi connectivity index (χ1n) is 13.9. The molecule has 214 valence electrons. The van der Waals surface area contributed by atoms with Gasteiger partial charge in [0.05, 0.1) is 31.7 Å². The van der Waals surface area contributed by atoms with Gasteiger partial charge in [0.15, 0.2) is 11.6 Å². The van der Waals surface area contributed by atoms with E-state index in [0.29, 0.717) is 28.3 Å². The standard InChI is InChI=1S/C35H27BrN2O5/c1-42-23-16-18-29(43-2)24(19-23)32(40)30-28-17-13-20-7-3-6-10-27(20)38(28)33(31(39)21-11-14-22(36)15-12-21)35(30)25-8-4-5-9-26(25)37-34(35)41/h3-19,28,30,33H,1-2H3,(H,37,41)/t28-,30+,33-,35-/m0/s1. The van der Waals surface area contributed by atoms with Crippen molar-refractivity contribution in [1.82, 2.24) is 0 Å². The molecule has 1 N–H and O–H groups in total. The summed E-state index contributed by atoms with van der Waals surface area (Å²) in [5.41, 5.74) is 2.08. The maximum absolute atomic E-state index is 15.0. The molecule has 1 fully saturated rings. The van der Waals surface area contributed by atoms with Gasteiger partial charge < -0.3 is 19.7 Å². The van der Waals surface area contributed by atoms with Gasteiger partial charge in [0.2, 0.25) is 5.91 Å². The molecular weight excluding hydrogens is 608 g/mol. The van der Waals surface area contributed by atoms with Crippen LogP contribution in [0.4, 0.5) is 11.4 Å². The molecule has 4 aromatic carbocycles. The zero-order chi connectivity index (χ0) is 29.9. The monoisotopic (exact) mass is 634 g/mol. The lowest BCUT2D eigenvalue weighted by molar-refractivity contribution is -0.121. The molecular formula is C35H27BrN2O5. The lowest BCUT2D eigenvalue weighted by atomic mass is 9.63. The summed E-state index contributed by atoms with van der Waals surface area (Å²) in [6.07, 6.45) is 3.92. The molecule has 3 heterocycles. The third-order valence-corrected chi connectivity index (χ3v) is 9.41. The summed E-state index contributed by atoms with van der Waals surface area (Å²) in [4.78, 5) is 46.5. The van der Waals surface area contributed by atoms with Crippen molar-refractivity contribution in [3.8, 4) is 11.5 Å². The molecule has 0 unspecified atom stereocenters. The van der Waals surface area contributed by atoms with Crippen LogP contribution >= 0.6 is 15.9 Å². The molecule has 0 aromatic heterocycles. The fourth-order valence-corrected chi connectivity index (χ4v) is 7.35. The summed E-state index contributed by atoms with van der Waals surface area (Å²) in [6, 6.07) is 25.6. The Bertz CT molecular complexity index is 1830. The molecule has 7 rings (SSSR count). The van der Waals surface area contributed by atoms with Crippen LogP contribution in [-0.4, -0.2) is 43.8 Å². The van der Waals surface area contributed by atoms with Gasteiger partial charge >= 0.3 is 0 Å². The molecule has 7 nitrogen and oxygen atoms in total. The first-order valence-corrected chi connectivity index (χ1v) is 14.7. The van der Waals surface area contributed by atoms with Gasteiger partial charge in [-0.3, -0.25) is 14.4 Å². The van der Waals surface area contributed by atoms with Gasteiger partial charge in [0, 0.05) is 21.4 Å². The number of carbonyl (C=O) groups excluding carboxylic acids is 3. The minimum Gasteiger partial charge on any atom is -0.497 e. The Balaban J connectivity index is 1.54. The Hall–Kier alpha value is -4.69. The van der Waals surface area contributed by atoms with E-state index in [0.717, 1.165) is 15.7 Å². The molecule has 43 heavy (non-hydrogen) atoms. The molecule has 3 aliphatic rings. The third-order valence-electron chi connectivity index (χ3n) is 8.88. The number of para-hydroxylation sites is 2. The minimum atomic E-state index is -1.56. The second-order valence-electron chi connectivity index (χ2n) is 10.9. The Morgan fingerprint density at radius 3 is 2.40 bits per heavy atom. The van der Waals surface area contributed by atoms with Crippen molar-refractivity contribution in [2.75, 3.05) is 24.4 Å². The van der Waals surface area contributed by atoms with E-state index in [1.165, 1.54) is 14.2 Å². The van der Waals surface area contributed by atoms with Crippen LogP contribution in [0.1, 0.15) is 31.8 Å². The van der Waals surface area contributed by atoms with Gasteiger partial charge in [-0.1, -0.05) is 76.6 Å². The number of anilines is 2. The predicted octanol–water partition coefficient (Wildman–Crippen LogP) is 6.32. The summed E-state index contributed by atoms with van der Waals surface area (Å²) in [6.45, 7) is 0. The van der Waals surface area contributed by atoms with Gasteiger partial charge in [0.1, 0.15) is 23.0 Å². The number of ketones is 2. The molecule has 3 aliphatic heterocycles. The summed E-state index contributed by atoms with van der Waals surface area (Å²) in [5.74, 6) is -1.08. The Morgan fingerprint density at radius 1 is 0.884 bits per heavy atom. The lowest BCUT2D eigenvalue weighted by Gasteiger charge is -2.37. The molecule has 8 heteroatoms. The maximum Gasteiger partial charge on any atom is 0.238 e. The highest BCUT2D eigenvalue weighted by Gasteiger charge is 2.71. The number of methoxy groups -OCH3 is 2. The number of hydrogen-bond acceptors (Lipinski definition) is 6. The number of Topliss-reactive ketones (excluding diaryl/α,β-unsaturated/α-hetero) is 2. The number of ether oxygens (including phenoxy) is 2. The summed E-state index contributed by atoms with van der Waals surface area (Å²) in [5, 5.41) is 3.04. The molecule has 0 saturated carbocycles. The Labute approximate surface area is 257 Å². The summed E-state index contributed by atoms with van der Waals surface area (Å²) >= 11 is 3.46. The average Bonchev–Trinajstić information content (AvgIpc) is 3.52. The number of halogens is 1. The Kier molecular flexibility index (Phi) is 6.47. The molecule has 4 aromatic rings. The summed E-state index contributed by atoms with van der Waals surface area (Å²) < 4.78 is 11.9. The number of nitrogens with zero attached hydrogens (tertiary/aromatic N) is 1. The minimum absolute atomic E-state index is 0.248. The normalized spacial score (nSPS) is 22.9. The number of carbonyl (C=O) groups is 3. The summed E-state index contributed by atoms with van der Waals surface area (Å²) in [7, 11) is 3.03. The number of rotatable bonds is 6. The van der Waals surface area contributed by atoms with Gasteiger partial charge in [-0.05, 0) is 53.6 Å². The van der Waals surface area contributed by atoms with E-state index < -0.39 is 23.4 Å². The van der Waals surface area contributed by atoms with E-state index >= 15 is 4.79 Å². The molecule has 1 saturated heterocycles. The van der Waals surface area contributed by atoms with E-state index in [2.05, 4.69) is 21.2 Å². The van der Waals surface area contributed by atoms with Crippen LogP contribution in [0.5, 0.6) is 11.5 Å². The van der Waals surface area contributed by atoms with Crippen molar-refractivity contribution >= 4 is 50.9 Å². The zero-order valence-corrected chi connectivity index (χ0v) is 25.0. The van der Waals surface area contributed by atoms with Crippen LogP contribution < -0.4 is 19.7 Å². The van der Waals surface area contributed by atoms with E-state index in [-0.39, 0.29) is 23.0 Å². The molecule has 0 bridgehead atoms. The molecule has 0 aliphatic carbocycles. The smallest absolute Gasteiger partial charge is 0.238 e. The van der Waals surface area contributed by atoms with E-state index in [1.807, 2.05) is 77.7 Å². The quantitative estimate of drug-likeness (QED) is 0.250. The first-order chi connectivity index (χ1) is 20.9. The highest BCUT2D eigenvalue weighted by Crippen LogP contribution is 2.58. The second kappa shape index (κ2) is 10.2. The van der Waals surface area contributed by atoms with Crippen molar-refractivity contribution in [2.24, 2.45) is 5.92 Å². The van der Waals surface area contributed by atoms with Gasteiger partial charge in [0.25, 0.3) is 0 Å². The number of benzene rings is 4. The van der Waals surface area contributed by atoms with Crippen molar-refractivity contribution in [3.63, 3.8) is 0 Å². The van der Waals surface area contributed by atoms with Crippen LogP contribution in [0.3, 0.4) is 0 Å². The largest absolute Gasteiger partial charge is 0.497 e. The zero-order valence-electron chi connectivity index (χ0n) is 23.4. The van der Waals surface area contributed by atoms with Crippen LogP contribution in [0.25, 0.3) is 6.08 Å². The van der Waals surface area contributed by atoms with E-state index in [9.17, 15) is 9.59 Å². The van der Waals surface area contributed by atoms with E-state index in [4.69, 9.17) is 9.47 Å². The van der Waals surface area contributed by atoms with Crippen molar-refractivity contribution < 1.29 is 23.9 Å². The number of fused-ring (bicyclic) bond motifs is 5. The fourth-order valence-electron chi connectivity index (χ4n) is 7.08. The van der Waals surface area contributed by atoms with Crippen molar-refractivity contribution in [1.29, 1.82) is 0 Å². The SMILES string of the molecule is COc1ccc(OC)c(C(=O)[C@H]2[C@@H]3C=Cc4ccccc4N3[C@@H](C(=O)c3ccc(Br)cc3)[C@@]23C(=O)Nc2ccccc23)c1. The van der Waals surface area contributed by atoms with Crippen LogP contribution in [-0.2, 0) is 10.2 Å². The maximum atomic E-state index is 15.0. The number of amides is 1. The number of nitrogens with one attached hydrogen (secondary N) is 1. The highest BCUT2D eigenvalue weighted by molar-refractivity contribution is 9.10. The van der Waals surface area contributed by atoms with Crippen LogP contribution in [0, 0.1) is 5.92 Å².